The maximum Gasteiger partial charge on any atom is 0.248 e. The van der Waals surface area contributed by atoms with Crippen molar-refractivity contribution >= 4 is 17.6 Å². The van der Waals surface area contributed by atoms with Gasteiger partial charge in [0.05, 0.1) is 0 Å². The Morgan fingerprint density at radius 3 is 2.84 bits per heavy atom. The smallest absolute Gasteiger partial charge is 0.248 e. The Labute approximate surface area is 111 Å². The monoisotopic (exact) mass is 263 g/mol. The molecule has 0 radical (unpaired) electrons. The average Bonchev–Trinajstić information content (AvgIpc) is 2.97. The van der Waals surface area contributed by atoms with E-state index in [9.17, 15) is 9.59 Å². The molecule has 0 spiro atoms. The van der Waals surface area contributed by atoms with Crippen LogP contribution in [0.15, 0.2) is 10.6 Å². The fourth-order valence-electron chi connectivity index (χ4n) is 2.50. The van der Waals surface area contributed by atoms with Gasteiger partial charge in [-0.1, -0.05) is 5.16 Å². The van der Waals surface area contributed by atoms with Crippen molar-refractivity contribution in [3.8, 4) is 0 Å². The van der Waals surface area contributed by atoms with Gasteiger partial charge in [-0.25, -0.2) is 0 Å². The standard InChI is InChI=1S/C13H17N3O3/c1-8-7-11(15-19-8)14-12(17)10-3-2-6-16(10)13(18)9-4-5-9/h7,9-10H,2-6H2,1H3,(H,14,15,17)/t10-/m0/s1. The van der Waals surface area contributed by atoms with Gasteiger partial charge in [0.2, 0.25) is 11.8 Å². The van der Waals surface area contributed by atoms with Crippen molar-refractivity contribution in [2.45, 2.75) is 38.6 Å². The predicted octanol–water partition coefficient (Wildman–Crippen LogP) is 1.32. The Kier molecular flexibility index (Phi) is 3.00. The maximum atomic E-state index is 12.2. The van der Waals surface area contributed by atoms with Gasteiger partial charge < -0.3 is 14.7 Å². The molecule has 1 aromatic rings. The summed E-state index contributed by atoms with van der Waals surface area (Å²) >= 11 is 0. The predicted molar refractivity (Wildman–Crippen MR) is 67.3 cm³/mol. The topological polar surface area (TPSA) is 75.4 Å². The summed E-state index contributed by atoms with van der Waals surface area (Å²) in [5.41, 5.74) is 0. The van der Waals surface area contributed by atoms with Crippen molar-refractivity contribution in [3.63, 3.8) is 0 Å². The summed E-state index contributed by atoms with van der Waals surface area (Å²) < 4.78 is 4.91. The van der Waals surface area contributed by atoms with Crippen molar-refractivity contribution in [1.82, 2.24) is 10.1 Å². The number of aryl methyl sites for hydroxylation is 1. The third kappa shape index (κ3) is 2.47. The lowest BCUT2D eigenvalue weighted by molar-refractivity contribution is -0.137. The SMILES string of the molecule is Cc1cc(NC(=O)[C@@H]2CCCN2C(=O)C2CC2)no1. The van der Waals surface area contributed by atoms with Gasteiger partial charge in [0.1, 0.15) is 11.8 Å². The van der Waals surface area contributed by atoms with Crippen LogP contribution in [0.3, 0.4) is 0 Å². The van der Waals surface area contributed by atoms with Gasteiger partial charge in [0.25, 0.3) is 0 Å². The van der Waals surface area contributed by atoms with Crippen molar-refractivity contribution in [3.05, 3.63) is 11.8 Å². The van der Waals surface area contributed by atoms with E-state index in [0.717, 1.165) is 25.7 Å². The molecule has 2 heterocycles. The Bertz CT molecular complexity index is 507. The maximum absolute atomic E-state index is 12.2. The van der Waals surface area contributed by atoms with Gasteiger partial charge >= 0.3 is 0 Å². The van der Waals surface area contributed by atoms with Gasteiger partial charge in [0, 0.05) is 18.5 Å². The Balaban J connectivity index is 1.66. The molecule has 0 unspecified atom stereocenters. The summed E-state index contributed by atoms with van der Waals surface area (Å²) in [7, 11) is 0. The van der Waals surface area contributed by atoms with Crippen LogP contribution in [0.1, 0.15) is 31.4 Å². The third-order valence-electron chi connectivity index (χ3n) is 3.64. The lowest BCUT2D eigenvalue weighted by atomic mass is 10.2. The Morgan fingerprint density at radius 1 is 1.42 bits per heavy atom. The highest BCUT2D eigenvalue weighted by Crippen LogP contribution is 2.33. The lowest BCUT2D eigenvalue weighted by Crippen LogP contribution is -2.43. The van der Waals surface area contributed by atoms with E-state index in [1.807, 2.05) is 0 Å². The largest absolute Gasteiger partial charge is 0.360 e. The average molecular weight is 263 g/mol. The minimum Gasteiger partial charge on any atom is -0.360 e. The molecule has 6 nitrogen and oxygen atoms in total. The van der Waals surface area contributed by atoms with Gasteiger partial charge in [-0.05, 0) is 32.6 Å². The van der Waals surface area contributed by atoms with Crippen LogP contribution < -0.4 is 5.32 Å². The number of carbonyl (C=O) groups excluding carboxylic acids is 2. The van der Waals surface area contributed by atoms with Gasteiger partial charge in [-0.3, -0.25) is 9.59 Å². The van der Waals surface area contributed by atoms with Crippen LogP contribution in [0.25, 0.3) is 0 Å². The molecular weight excluding hydrogens is 246 g/mol. The van der Waals surface area contributed by atoms with Crippen LogP contribution in [0.2, 0.25) is 0 Å². The zero-order valence-electron chi connectivity index (χ0n) is 10.9. The number of anilines is 1. The minimum absolute atomic E-state index is 0.133. The van der Waals surface area contributed by atoms with Crippen LogP contribution in [0, 0.1) is 12.8 Å². The summed E-state index contributed by atoms with van der Waals surface area (Å²) in [6.45, 7) is 2.45. The van der Waals surface area contributed by atoms with E-state index >= 15 is 0 Å². The van der Waals surface area contributed by atoms with Gasteiger partial charge in [0.15, 0.2) is 5.82 Å². The van der Waals surface area contributed by atoms with Crippen LogP contribution in [-0.2, 0) is 9.59 Å². The second-order valence-electron chi connectivity index (χ2n) is 5.28. The molecule has 1 atom stereocenters. The molecule has 2 amide bonds. The number of carbonyl (C=O) groups is 2. The minimum atomic E-state index is -0.356. The lowest BCUT2D eigenvalue weighted by Gasteiger charge is -2.23. The Hall–Kier alpha value is -1.85. The fourth-order valence-corrected chi connectivity index (χ4v) is 2.50. The quantitative estimate of drug-likeness (QED) is 0.892. The fraction of sp³-hybridized carbons (Fsp3) is 0.615. The highest BCUT2D eigenvalue weighted by Gasteiger charge is 2.40. The number of nitrogens with one attached hydrogen (secondary N) is 1. The van der Waals surface area contributed by atoms with E-state index in [1.54, 1.807) is 17.9 Å². The highest BCUT2D eigenvalue weighted by molar-refractivity contribution is 5.97. The molecule has 102 valence electrons. The van der Waals surface area contributed by atoms with E-state index in [1.165, 1.54) is 0 Å². The molecule has 0 bridgehead atoms. The van der Waals surface area contributed by atoms with E-state index in [0.29, 0.717) is 18.1 Å². The molecule has 3 rings (SSSR count). The molecular formula is C13H17N3O3. The number of amides is 2. The molecule has 1 aliphatic heterocycles. The van der Waals surface area contributed by atoms with E-state index in [2.05, 4.69) is 10.5 Å². The van der Waals surface area contributed by atoms with Crippen LogP contribution in [0.4, 0.5) is 5.82 Å². The second-order valence-corrected chi connectivity index (χ2v) is 5.28. The first-order chi connectivity index (χ1) is 9.15. The van der Waals surface area contributed by atoms with E-state index in [-0.39, 0.29) is 23.8 Å². The number of aromatic nitrogens is 1. The summed E-state index contributed by atoms with van der Waals surface area (Å²) in [5.74, 6) is 1.18. The molecule has 0 aromatic carbocycles. The zero-order valence-corrected chi connectivity index (χ0v) is 10.9. The summed E-state index contributed by atoms with van der Waals surface area (Å²) in [6, 6.07) is 1.31. The number of nitrogens with zero attached hydrogens (tertiary/aromatic N) is 2. The highest BCUT2D eigenvalue weighted by atomic mass is 16.5. The van der Waals surface area contributed by atoms with Crippen LogP contribution in [0.5, 0.6) is 0 Å². The normalized spacial score (nSPS) is 22.6. The van der Waals surface area contributed by atoms with Crippen molar-refractivity contribution in [1.29, 1.82) is 0 Å². The first-order valence-electron chi connectivity index (χ1n) is 6.70. The van der Waals surface area contributed by atoms with Crippen LogP contribution in [-0.4, -0.2) is 34.5 Å². The molecule has 1 saturated carbocycles. The van der Waals surface area contributed by atoms with Crippen molar-refractivity contribution in [2.24, 2.45) is 5.92 Å². The molecule has 6 heteroatoms. The Morgan fingerprint density at radius 2 is 2.21 bits per heavy atom. The third-order valence-corrected chi connectivity index (χ3v) is 3.64. The summed E-state index contributed by atoms with van der Waals surface area (Å²) in [5, 5.41) is 6.45. The van der Waals surface area contributed by atoms with Crippen LogP contribution >= 0.6 is 0 Å². The summed E-state index contributed by atoms with van der Waals surface area (Å²) in [6.07, 6.45) is 3.54. The molecule has 1 N–H and O–H groups in total. The molecule has 1 aromatic heterocycles. The van der Waals surface area contributed by atoms with Gasteiger partial charge in [-0.2, -0.15) is 0 Å². The van der Waals surface area contributed by atoms with Gasteiger partial charge in [-0.15, -0.1) is 0 Å². The molecule has 2 fully saturated rings. The molecule has 19 heavy (non-hydrogen) atoms. The van der Waals surface area contributed by atoms with Crippen molar-refractivity contribution in [2.75, 3.05) is 11.9 Å². The first-order valence-corrected chi connectivity index (χ1v) is 6.70. The zero-order chi connectivity index (χ0) is 13.4. The van der Waals surface area contributed by atoms with E-state index in [4.69, 9.17) is 4.52 Å². The molecule has 2 aliphatic rings. The number of rotatable bonds is 3. The molecule has 1 saturated heterocycles. The first kappa shape index (κ1) is 12.2. The number of hydrogen-bond donors (Lipinski definition) is 1. The van der Waals surface area contributed by atoms with Crippen molar-refractivity contribution < 1.29 is 14.1 Å². The number of hydrogen-bond acceptors (Lipinski definition) is 4. The molecule has 1 aliphatic carbocycles. The van der Waals surface area contributed by atoms with E-state index < -0.39 is 0 Å². The number of likely N-dealkylation sites (tertiary alicyclic amines) is 1. The second kappa shape index (κ2) is 4.68. The summed E-state index contributed by atoms with van der Waals surface area (Å²) in [4.78, 5) is 26.0.